The summed E-state index contributed by atoms with van der Waals surface area (Å²) in [6.07, 6.45) is 1.46. The standard InChI is InChI=1S/C19H21NO3/c1-15-12-13-19(23-20-18(15)21,16-8-4-2-5-9-16)14-22-17-10-6-3-7-11-17/h2-11,15H,12-14H2,1H3,(H,20,21). The van der Waals surface area contributed by atoms with Gasteiger partial charge < -0.3 is 4.74 Å². The number of hydrogen-bond donors (Lipinski definition) is 1. The highest BCUT2D eigenvalue weighted by Crippen LogP contribution is 2.34. The first kappa shape index (κ1) is 15.6. The molecule has 0 bridgehead atoms. The second-order valence-electron chi connectivity index (χ2n) is 5.97. The van der Waals surface area contributed by atoms with Gasteiger partial charge in [0.05, 0.1) is 0 Å². The third-order valence-electron chi connectivity index (χ3n) is 4.29. The van der Waals surface area contributed by atoms with Crippen LogP contribution in [-0.4, -0.2) is 12.5 Å². The summed E-state index contributed by atoms with van der Waals surface area (Å²) in [7, 11) is 0. The Balaban J connectivity index is 1.86. The average molecular weight is 311 g/mol. The van der Waals surface area contributed by atoms with Crippen molar-refractivity contribution in [2.75, 3.05) is 6.61 Å². The summed E-state index contributed by atoms with van der Waals surface area (Å²) in [5.74, 6) is 0.634. The Morgan fingerprint density at radius 2 is 1.78 bits per heavy atom. The molecule has 0 aliphatic carbocycles. The molecule has 1 saturated heterocycles. The zero-order valence-corrected chi connectivity index (χ0v) is 13.2. The van der Waals surface area contributed by atoms with Crippen molar-refractivity contribution in [3.8, 4) is 5.75 Å². The van der Waals surface area contributed by atoms with E-state index in [4.69, 9.17) is 9.57 Å². The first-order valence-corrected chi connectivity index (χ1v) is 7.91. The quantitative estimate of drug-likeness (QED) is 0.941. The lowest BCUT2D eigenvalue weighted by Crippen LogP contribution is -2.41. The van der Waals surface area contributed by atoms with Crippen molar-refractivity contribution < 1.29 is 14.4 Å². The SMILES string of the molecule is CC1CCC(COc2ccccc2)(c2ccccc2)ONC1=O. The average Bonchev–Trinajstić information content (AvgIpc) is 2.76. The van der Waals surface area contributed by atoms with E-state index in [1.54, 1.807) is 0 Å². The van der Waals surface area contributed by atoms with Crippen molar-refractivity contribution >= 4 is 5.91 Å². The molecule has 1 heterocycles. The number of amides is 1. The first-order valence-electron chi connectivity index (χ1n) is 7.91. The van der Waals surface area contributed by atoms with Crippen LogP contribution in [0.3, 0.4) is 0 Å². The number of ether oxygens (including phenoxy) is 1. The molecule has 0 aromatic heterocycles. The van der Waals surface area contributed by atoms with E-state index in [0.717, 1.165) is 17.7 Å². The van der Waals surface area contributed by atoms with E-state index in [-0.39, 0.29) is 11.8 Å². The minimum atomic E-state index is -0.683. The van der Waals surface area contributed by atoms with E-state index in [2.05, 4.69) is 5.48 Å². The predicted octanol–water partition coefficient (Wildman–Crippen LogP) is 3.44. The van der Waals surface area contributed by atoms with Crippen LogP contribution in [0.5, 0.6) is 5.75 Å². The van der Waals surface area contributed by atoms with Crippen LogP contribution in [0.15, 0.2) is 60.7 Å². The Labute approximate surface area is 136 Å². The van der Waals surface area contributed by atoms with Gasteiger partial charge in [-0.3, -0.25) is 9.63 Å². The zero-order chi connectivity index (χ0) is 16.1. The number of para-hydroxylation sites is 1. The molecule has 1 aliphatic heterocycles. The molecule has 1 N–H and O–H groups in total. The minimum absolute atomic E-state index is 0.0719. The van der Waals surface area contributed by atoms with Crippen LogP contribution in [-0.2, 0) is 15.2 Å². The molecular formula is C19H21NO3. The molecule has 120 valence electrons. The van der Waals surface area contributed by atoms with Gasteiger partial charge in [0.25, 0.3) is 0 Å². The third-order valence-corrected chi connectivity index (χ3v) is 4.29. The highest BCUT2D eigenvalue weighted by molar-refractivity contribution is 5.77. The lowest BCUT2D eigenvalue weighted by molar-refractivity contribution is -0.158. The summed E-state index contributed by atoms with van der Waals surface area (Å²) >= 11 is 0. The Kier molecular flexibility index (Phi) is 4.63. The molecule has 2 atom stereocenters. The summed E-state index contributed by atoms with van der Waals surface area (Å²) in [6, 6.07) is 19.6. The smallest absolute Gasteiger partial charge is 0.246 e. The Hall–Kier alpha value is -2.33. The fraction of sp³-hybridized carbons (Fsp3) is 0.316. The Bertz CT molecular complexity index is 644. The molecule has 3 rings (SSSR count). The molecule has 0 saturated carbocycles. The number of benzene rings is 2. The second kappa shape index (κ2) is 6.84. The number of carbonyl (C=O) groups excluding carboxylic acids is 1. The highest BCUT2D eigenvalue weighted by Gasteiger charge is 2.39. The van der Waals surface area contributed by atoms with Gasteiger partial charge in [-0.25, -0.2) is 5.48 Å². The number of nitrogens with one attached hydrogen (secondary N) is 1. The molecule has 2 aromatic carbocycles. The van der Waals surface area contributed by atoms with E-state index < -0.39 is 5.60 Å². The second-order valence-corrected chi connectivity index (χ2v) is 5.97. The zero-order valence-electron chi connectivity index (χ0n) is 13.2. The summed E-state index contributed by atoms with van der Waals surface area (Å²) in [5.41, 5.74) is 2.92. The van der Waals surface area contributed by atoms with E-state index in [9.17, 15) is 4.79 Å². The van der Waals surface area contributed by atoms with Crippen LogP contribution < -0.4 is 10.2 Å². The van der Waals surface area contributed by atoms with Crippen molar-refractivity contribution in [3.63, 3.8) is 0 Å². The van der Waals surface area contributed by atoms with Gasteiger partial charge in [0.15, 0.2) is 5.60 Å². The molecule has 4 nitrogen and oxygen atoms in total. The molecule has 1 aliphatic rings. The summed E-state index contributed by atoms with van der Waals surface area (Å²) in [4.78, 5) is 17.8. The fourth-order valence-corrected chi connectivity index (χ4v) is 2.73. The molecule has 0 spiro atoms. The van der Waals surface area contributed by atoms with Crippen LogP contribution in [0, 0.1) is 5.92 Å². The van der Waals surface area contributed by atoms with E-state index in [1.165, 1.54) is 0 Å². The van der Waals surface area contributed by atoms with E-state index >= 15 is 0 Å². The maximum absolute atomic E-state index is 11.9. The van der Waals surface area contributed by atoms with Gasteiger partial charge in [-0.15, -0.1) is 0 Å². The van der Waals surface area contributed by atoms with Gasteiger partial charge >= 0.3 is 0 Å². The lowest BCUT2D eigenvalue weighted by atomic mass is 9.87. The van der Waals surface area contributed by atoms with E-state index in [1.807, 2.05) is 67.6 Å². The maximum atomic E-state index is 11.9. The summed E-state index contributed by atoms with van der Waals surface area (Å²) in [5, 5.41) is 0. The van der Waals surface area contributed by atoms with Gasteiger partial charge in [0, 0.05) is 5.92 Å². The van der Waals surface area contributed by atoms with Crippen molar-refractivity contribution in [1.82, 2.24) is 5.48 Å². The largest absolute Gasteiger partial charge is 0.490 e. The van der Waals surface area contributed by atoms with Gasteiger partial charge in [-0.1, -0.05) is 55.5 Å². The van der Waals surface area contributed by atoms with Crippen molar-refractivity contribution in [3.05, 3.63) is 66.2 Å². The third kappa shape index (κ3) is 3.54. The number of hydrogen-bond acceptors (Lipinski definition) is 3. The van der Waals surface area contributed by atoms with Crippen molar-refractivity contribution in [2.45, 2.75) is 25.4 Å². The monoisotopic (exact) mass is 311 g/mol. The maximum Gasteiger partial charge on any atom is 0.246 e. The Morgan fingerprint density at radius 1 is 1.13 bits per heavy atom. The lowest BCUT2D eigenvalue weighted by Gasteiger charge is -2.31. The van der Waals surface area contributed by atoms with Crippen LogP contribution in [0.1, 0.15) is 25.3 Å². The topological polar surface area (TPSA) is 47.6 Å². The fourth-order valence-electron chi connectivity index (χ4n) is 2.73. The summed E-state index contributed by atoms with van der Waals surface area (Å²) in [6.45, 7) is 2.26. The van der Waals surface area contributed by atoms with Crippen molar-refractivity contribution in [1.29, 1.82) is 0 Å². The number of hydroxylamine groups is 1. The minimum Gasteiger partial charge on any atom is -0.490 e. The van der Waals surface area contributed by atoms with E-state index in [0.29, 0.717) is 13.0 Å². The molecule has 23 heavy (non-hydrogen) atoms. The molecule has 2 aromatic rings. The van der Waals surface area contributed by atoms with Gasteiger partial charge in [0.1, 0.15) is 12.4 Å². The Morgan fingerprint density at radius 3 is 2.48 bits per heavy atom. The van der Waals surface area contributed by atoms with Gasteiger partial charge in [0.2, 0.25) is 5.91 Å². The van der Waals surface area contributed by atoms with Gasteiger partial charge in [-0.05, 0) is 30.5 Å². The molecular weight excluding hydrogens is 290 g/mol. The summed E-state index contributed by atoms with van der Waals surface area (Å²) < 4.78 is 5.95. The van der Waals surface area contributed by atoms with Crippen LogP contribution >= 0.6 is 0 Å². The first-order chi connectivity index (χ1) is 11.2. The van der Waals surface area contributed by atoms with Crippen LogP contribution in [0.25, 0.3) is 0 Å². The highest BCUT2D eigenvalue weighted by atomic mass is 16.7. The normalized spacial score (nSPS) is 24.6. The number of carbonyl (C=O) groups is 1. The molecule has 2 unspecified atom stereocenters. The van der Waals surface area contributed by atoms with Crippen LogP contribution in [0.2, 0.25) is 0 Å². The van der Waals surface area contributed by atoms with Crippen molar-refractivity contribution in [2.24, 2.45) is 5.92 Å². The molecule has 1 amide bonds. The molecule has 4 heteroatoms. The van der Waals surface area contributed by atoms with Gasteiger partial charge in [-0.2, -0.15) is 0 Å². The molecule has 1 fully saturated rings. The number of rotatable bonds is 4. The predicted molar refractivity (Wildman–Crippen MR) is 87.7 cm³/mol. The van der Waals surface area contributed by atoms with Crippen LogP contribution in [0.4, 0.5) is 0 Å². The molecule has 0 radical (unpaired) electrons.